The van der Waals surface area contributed by atoms with Crippen molar-refractivity contribution in [3.05, 3.63) is 15.3 Å². The van der Waals surface area contributed by atoms with Crippen molar-refractivity contribution in [1.29, 1.82) is 0 Å². The molecule has 12 heteroatoms. The van der Waals surface area contributed by atoms with Crippen LogP contribution in [0.25, 0.3) is 0 Å². The average molecular weight is 212 g/mol. The van der Waals surface area contributed by atoms with Gasteiger partial charge in [0.2, 0.25) is 0 Å². The Morgan fingerprint density at radius 2 is 1.08 bits per heavy atom. The number of hydrogen-bond acceptors (Lipinski definition) is 6. The lowest BCUT2D eigenvalue weighted by Crippen LogP contribution is -2.11. The maximum absolute atomic E-state index is 8.66. The lowest BCUT2D eigenvalue weighted by Gasteiger charge is -2.19. The molecule has 0 saturated carbocycles. The second-order valence-electron chi connectivity index (χ2n) is 0.692. The van der Waals surface area contributed by atoms with E-state index in [4.69, 9.17) is 34.6 Å². The standard InChI is InChI=1S/NO3.3H3N.H3O4P/c2-1(3)4;;;;1-5(2,3)4/h;3*1H3;(H3,1,2,3,4)/q-1;;;;/p+1. The quantitative estimate of drug-likeness (QED) is 0.213. The van der Waals surface area contributed by atoms with Crippen LogP contribution >= 0.6 is 7.82 Å². The predicted octanol–water partition coefficient (Wildman–Crippen LogP) is -1.30. The van der Waals surface area contributed by atoms with Crippen LogP contribution in [-0.4, -0.2) is 9.98 Å². The van der Waals surface area contributed by atoms with Crippen molar-refractivity contribution in [3.63, 3.8) is 0 Å². The molecule has 0 saturated heterocycles. The average Bonchev–Trinajstić information content (AvgIpc) is 1.19. The normalized spacial score (nSPS) is 6.92. The fourth-order valence-electron chi connectivity index (χ4n) is 0. The van der Waals surface area contributed by atoms with Crippen LogP contribution in [0.2, 0.25) is 0 Å². The van der Waals surface area contributed by atoms with Gasteiger partial charge in [-0.2, -0.15) is 0 Å². The van der Waals surface area contributed by atoms with E-state index in [0.29, 0.717) is 0 Å². The summed E-state index contributed by atoms with van der Waals surface area (Å²) in [5.41, 5.74) is 0. The molecule has 0 aliphatic heterocycles. The largest absolute Gasteiger partial charge is 0.790 e. The Bertz CT molecular complexity index is 115. The van der Waals surface area contributed by atoms with Gasteiger partial charge in [0.25, 0.3) is 0 Å². The molecule has 0 atom stereocenters. The third-order valence-electron chi connectivity index (χ3n) is 0. The number of quaternary nitrogens is 3. The smallest absolute Gasteiger partial charge is 0.0689 e. The zero-order chi connectivity index (χ0) is 8.08. The van der Waals surface area contributed by atoms with E-state index in [1.165, 1.54) is 0 Å². The molecule has 0 fully saturated rings. The van der Waals surface area contributed by atoms with Crippen LogP contribution in [0, 0.1) is 15.3 Å². The highest BCUT2D eigenvalue weighted by molar-refractivity contribution is 7.42. The molecule has 0 spiro atoms. The van der Waals surface area contributed by atoms with Gasteiger partial charge in [0, 0.05) is 0 Å². The van der Waals surface area contributed by atoms with Crippen LogP contribution in [0.1, 0.15) is 0 Å². The van der Waals surface area contributed by atoms with Crippen LogP contribution in [0.4, 0.5) is 0 Å². The molecule has 0 aromatic heterocycles. The summed E-state index contributed by atoms with van der Waals surface area (Å²) in [6, 6.07) is 0. The van der Waals surface area contributed by atoms with E-state index in [0.717, 1.165) is 0 Å². The van der Waals surface area contributed by atoms with Gasteiger partial charge in [-0.05, 0) is 0 Å². The third-order valence-corrected chi connectivity index (χ3v) is 0. The monoisotopic (exact) mass is 212 g/mol. The lowest BCUT2D eigenvalue weighted by molar-refractivity contribution is -0.402. The Hall–Kier alpha value is -0.810. The molecule has 0 rings (SSSR count). The maximum Gasteiger partial charge on any atom is 0.0689 e. The second kappa shape index (κ2) is 12.8. The van der Waals surface area contributed by atoms with Crippen molar-refractivity contribution in [3.8, 4) is 0 Å². The minimum atomic E-state index is -5.14. The Morgan fingerprint density at radius 1 is 1.08 bits per heavy atom. The fourth-order valence-corrected chi connectivity index (χ4v) is 0. The predicted molar refractivity (Wildman–Crippen MR) is 38.1 cm³/mol. The van der Waals surface area contributed by atoms with E-state index in [-0.39, 0.29) is 18.5 Å². The molecule has 0 unspecified atom stereocenters. The highest BCUT2D eigenvalue weighted by Gasteiger charge is 1.64. The first-order valence-electron chi connectivity index (χ1n) is 1.30. The van der Waals surface area contributed by atoms with Crippen LogP contribution in [0.3, 0.4) is 0 Å². The molecule has 0 amide bonds. The molecule has 11 nitrogen and oxygen atoms in total. The van der Waals surface area contributed by atoms with Crippen LogP contribution < -0.4 is 28.2 Å². The summed E-state index contributed by atoms with van der Waals surface area (Å²) in [6.45, 7) is 0. The Morgan fingerprint density at radius 3 is 1.08 bits per heavy atom. The maximum atomic E-state index is 8.66. The summed E-state index contributed by atoms with van der Waals surface area (Å²) >= 11 is 0. The molecule has 0 bridgehead atoms. The van der Waals surface area contributed by atoms with Gasteiger partial charge in [0.1, 0.15) is 0 Å². The molecule has 0 radical (unpaired) electrons. The highest BCUT2D eigenvalue weighted by Crippen LogP contribution is 2.11. The SMILES string of the molecule is O=P([O-])([O-])O.O=[N+]([O-])[O-].[NH4+].[NH4+].[NH4+]. The fraction of sp³-hybridized carbons (Fsp3) is 0. The molecular formula is H13N4O7P. The Labute approximate surface area is 67.1 Å². The van der Waals surface area contributed by atoms with E-state index in [1.807, 2.05) is 0 Å². The van der Waals surface area contributed by atoms with E-state index in [2.05, 4.69) is 0 Å². The third kappa shape index (κ3) is 940. The molecule has 0 aliphatic rings. The number of nitrogens with zero attached hydrogens (tertiary/aromatic N) is 1. The highest BCUT2D eigenvalue weighted by atomic mass is 31.2. The minimum absolute atomic E-state index is 0. The Balaban J connectivity index is -0.0000000221. The summed E-state index contributed by atoms with van der Waals surface area (Å²) in [6.07, 6.45) is 0. The van der Waals surface area contributed by atoms with E-state index < -0.39 is 12.9 Å². The van der Waals surface area contributed by atoms with Crippen molar-refractivity contribution >= 4 is 7.82 Å². The first-order valence-corrected chi connectivity index (χ1v) is 2.79. The van der Waals surface area contributed by atoms with Gasteiger partial charge in [-0.15, -0.1) is 0 Å². The molecular weight excluding hydrogens is 199 g/mol. The van der Waals surface area contributed by atoms with Gasteiger partial charge in [-0.3, -0.25) is 0 Å². The number of hydrogen-bond donors (Lipinski definition) is 4. The zero-order valence-corrected chi connectivity index (χ0v) is 7.69. The summed E-state index contributed by atoms with van der Waals surface area (Å²) in [4.78, 5) is 32.5. The van der Waals surface area contributed by atoms with Crippen molar-refractivity contribution in [2.24, 2.45) is 0 Å². The van der Waals surface area contributed by atoms with Crippen LogP contribution in [-0.2, 0) is 4.57 Å². The van der Waals surface area contributed by atoms with Gasteiger partial charge in [0.15, 0.2) is 0 Å². The summed E-state index contributed by atoms with van der Waals surface area (Å²) < 4.78 is 8.66. The molecule has 0 aliphatic carbocycles. The van der Waals surface area contributed by atoms with Gasteiger partial charge in [-0.1, -0.05) is 0 Å². The van der Waals surface area contributed by atoms with Crippen molar-refractivity contribution in [1.82, 2.24) is 18.5 Å². The molecule has 0 heterocycles. The van der Waals surface area contributed by atoms with Gasteiger partial charge < -0.3 is 53.0 Å². The minimum Gasteiger partial charge on any atom is -0.790 e. The first-order chi connectivity index (χ1) is 3.73. The van der Waals surface area contributed by atoms with Gasteiger partial charge in [0.05, 0.1) is 12.9 Å². The van der Waals surface area contributed by atoms with E-state index in [9.17, 15) is 0 Å². The van der Waals surface area contributed by atoms with Crippen LogP contribution in [0.5, 0.6) is 0 Å². The summed E-state index contributed by atoms with van der Waals surface area (Å²) in [7, 11) is -5.14. The Kier molecular flexibility index (Phi) is 32.4. The van der Waals surface area contributed by atoms with Crippen molar-refractivity contribution < 1.29 is 24.3 Å². The van der Waals surface area contributed by atoms with Gasteiger partial charge >= 0.3 is 0 Å². The molecule has 12 heavy (non-hydrogen) atoms. The van der Waals surface area contributed by atoms with Crippen molar-refractivity contribution in [2.75, 3.05) is 0 Å². The molecule has 13 N–H and O–H groups in total. The van der Waals surface area contributed by atoms with Crippen LogP contribution in [0.15, 0.2) is 0 Å². The molecule has 0 aromatic carbocycles. The number of phosphoric acid groups is 1. The topological polar surface area (TPSA) is 259 Å². The number of rotatable bonds is 0. The summed E-state index contributed by atoms with van der Waals surface area (Å²) in [5.74, 6) is 0. The first kappa shape index (κ1) is 30.3. The van der Waals surface area contributed by atoms with E-state index in [1.54, 1.807) is 0 Å². The van der Waals surface area contributed by atoms with Crippen molar-refractivity contribution in [2.45, 2.75) is 0 Å². The zero-order valence-electron chi connectivity index (χ0n) is 6.79. The summed E-state index contributed by atoms with van der Waals surface area (Å²) in [5, 5.41) is 14.8. The van der Waals surface area contributed by atoms with E-state index >= 15 is 0 Å². The van der Waals surface area contributed by atoms with Gasteiger partial charge in [-0.25, -0.2) is 0 Å². The lowest BCUT2D eigenvalue weighted by atomic mass is 13.1. The molecule has 80 valence electrons. The second-order valence-corrected chi connectivity index (χ2v) is 1.63. The molecule has 0 aromatic rings.